The number of amides is 3. The average molecular weight is 395 g/mol. The van der Waals surface area contributed by atoms with Crippen molar-refractivity contribution in [2.45, 2.75) is 25.8 Å². The number of primary amides is 1. The molecule has 0 aliphatic carbocycles. The molecule has 140 valence electrons. The van der Waals surface area contributed by atoms with E-state index in [2.05, 4.69) is 21.9 Å². The van der Waals surface area contributed by atoms with E-state index in [1.54, 1.807) is 12.3 Å². The van der Waals surface area contributed by atoms with Crippen molar-refractivity contribution in [1.82, 2.24) is 9.88 Å². The zero-order valence-corrected chi connectivity index (χ0v) is 16.3. The van der Waals surface area contributed by atoms with Crippen LogP contribution in [-0.4, -0.2) is 46.9 Å². The molecule has 2 rings (SSSR count). The molecular weight excluding hydrogens is 372 g/mol. The van der Waals surface area contributed by atoms with E-state index in [-0.39, 0.29) is 6.03 Å². The van der Waals surface area contributed by atoms with Gasteiger partial charge in [0.05, 0.1) is 21.3 Å². The summed E-state index contributed by atoms with van der Waals surface area (Å²) in [6.45, 7) is 6.06. The van der Waals surface area contributed by atoms with E-state index in [0.29, 0.717) is 34.5 Å². The van der Waals surface area contributed by atoms with E-state index in [9.17, 15) is 9.59 Å². The maximum atomic E-state index is 12.4. The highest BCUT2D eigenvalue weighted by molar-refractivity contribution is 8.02. The molecule has 0 saturated carbocycles. The van der Waals surface area contributed by atoms with Crippen molar-refractivity contribution in [3.05, 3.63) is 28.3 Å². The highest BCUT2D eigenvalue weighted by Crippen LogP contribution is 2.27. The fraction of sp³-hybridized carbons (Fsp3) is 0.375. The molecule has 26 heavy (non-hydrogen) atoms. The average Bonchev–Trinajstić information content (AvgIpc) is 3.21. The number of nitrogens with zero attached hydrogens (tertiary/aromatic N) is 3. The lowest BCUT2D eigenvalue weighted by molar-refractivity contribution is -0.121. The molecule has 1 atom stereocenters. The van der Waals surface area contributed by atoms with Gasteiger partial charge < -0.3 is 16.4 Å². The quantitative estimate of drug-likeness (QED) is 0.637. The van der Waals surface area contributed by atoms with Gasteiger partial charge in [-0.05, 0) is 32.1 Å². The third-order valence-electron chi connectivity index (χ3n) is 3.82. The molecule has 1 aromatic heterocycles. The number of thioether (sulfide) groups is 1. The molecule has 0 radical (unpaired) electrons. The molecule has 1 aliphatic heterocycles. The number of allylic oxidation sites excluding steroid dienone is 1. The fourth-order valence-corrected chi connectivity index (χ4v) is 3.58. The Bertz CT molecular complexity index is 771. The largest absolute Gasteiger partial charge is 0.397 e. The molecule has 1 fully saturated rings. The van der Waals surface area contributed by atoms with Crippen LogP contribution in [0.3, 0.4) is 0 Å². The van der Waals surface area contributed by atoms with E-state index in [1.165, 1.54) is 28.0 Å². The van der Waals surface area contributed by atoms with Gasteiger partial charge in [0.1, 0.15) is 6.04 Å². The number of hydrogen-bond acceptors (Lipinski definition) is 7. The molecule has 0 unspecified atom stereocenters. The summed E-state index contributed by atoms with van der Waals surface area (Å²) in [6, 6.07) is -0.951. The molecule has 0 aromatic carbocycles. The monoisotopic (exact) mass is 394 g/mol. The molecule has 0 bridgehead atoms. The van der Waals surface area contributed by atoms with Gasteiger partial charge in [-0.1, -0.05) is 17.9 Å². The van der Waals surface area contributed by atoms with Crippen LogP contribution >= 0.6 is 23.1 Å². The predicted molar refractivity (Wildman–Crippen MR) is 108 cm³/mol. The molecule has 2 heterocycles. The Morgan fingerprint density at radius 3 is 2.88 bits per heavy atom. The summed E-state index contributed by atoms with van der Waals surface area (Å²) in [4.78, 5) is 34.5. The van der Waals surface area contributed by atoms with Crippen molar-refractivity contribution >= 4 is 52.1 Å². The number of carbonyl (C=O) groups excluding carboxylic acids is 2. The van der Waals surface area contributed by atoms with Crippen LogP contribution < -0.4 is 16.8 Å². The van der Waals surface area contributed by atoms with Gasteiger partial charge in [-0.25, -0.2) is 9.78 Å². The Balaban J connectivity index is 2.09. The number of likely N-dealkylation sites (tertiary alicyclic amines) is 1. The Hall–Kier alpha value is -2.33. The van der Waals surface area contributed by atoms with Crippen LogP contribution in [0.4, 0.5) is 9.93 Å². The van der Waals surface area contributed by atoms with Crippen LogP contribution in [0.2, 0.25) is 0 Å². The van der Waals surface area contributed by atoms with Gasteiger partial charge in [-0.15, -0.1) is 11.8 Å². The number of rotatable bonds is 6. The minimum Gasteiger partial charge on any atom is -0.397 e. The zero-order valence-electron chi connectivity index (χ0n) is 14.7. The highest BCUT2D eigenvalue weighted by atomic mass is 32.2. The summed E-state index contributed by atoms with van der Waals surface area (Å²) in [6.07, 6.45) is 6.46. The number of thiazole rings is 1. The third-order valence-corrected chi connectivity index (χ3v) is 5.52. The first-order valence-electron chi connectivity index (χ1n) is 7.91. The normalized spacial score (nSPS) is 17.7. The number of nitrogens with one attached hydrogen (secondary N) is 1. The number of aromatic nitrogens is 1. The van der Waals surface area contributed by atoms with Gasteiger partial charge in [-0.2, -0.15) is 0 Å². The van der Waals surface area contributed by atoms with Crippen molar-refractivity contribution in [3.8, 4) is 0 Å². The molecule has 0 spiro atoms. The second kappa shape index (κ2) is 8.86. The van der Waals surface area contributed by atoms with E-state index >= 15 is 0 Å². The first-order valence-corrected chi connectivity index (χ1v) is 9.95. The Morgan fingerprint density at radius 2 is 2.23 bits per heavy atom. The van der Waals surface area contributed by atoms with Gasteiger partial charge in [-0.3, -0.25) is 15.1 Å². The first kappa shape index (κ1) is 20.0. The van der Waals surface area contributed by atoms with Crippen LogP contribution in [0, 0.1) is 6.92 Å². The fourth-order valence-electron chi connectivity index (χ4n) is 2.52. The zero-order chi connectivity index (χ0) is 19.3. The number of aryl methyl sites for hydroxylation is 1. The lowest BCUT2D eigenvalue weighted by Crippen LogP contribution is -2.45. The molecule has 1 aliphatic rings. The van der Waals surface area contributed by atoms with E-state index in [1.807, 2.05) is 13.2 Å². The molecule has 3 amide bonds. The van der Waals surface area contributed by atoms with Crippen molar-refractivity contribution in [2.24, 2.45) is 16.5 Å². The maximum Gasteiger partial charge on any atom is 0.324 e. The number of urea groups is 1. The molecule has 5 N–H and O–H groups in total. The van der Waals surface area contributed by atoms with Crippen molar-refractivity contribution in [1.29, 1.82) is 0 Å². The summed E-state index contributed by atoms with van der Waals surface area (Å²) >= 11 is 2.70. The summed E-state index contributed by atoms with van der Waals surface area (Å²) < 4.78 is 0. The van der Waals surface area contributed by atoms with Crippen molar-refractivity contribution < 1.29 is 9.59 Å². The Kier molecular flexibility index (Phi) is 6.81. The van der Waals surface area contributed by atoms with Crippen molar-refractivity contribution in [3.63, 3.8) is 0 Å². The molecule has 10 heteroatoms. The summed E-state index contributed by atoms with van der Waals surface area (Å²) in [7, 11) is 0. The Labute approximate surface area is 160 Å². The first-order chi connectivity index (χ1) is 12.3. The maximum absolute atomic E-state index is 12.4. The molecule has 8 nitrogen and oxygen atoms in total. The van der Waals surface area contributed by atoms with E-state index in [4.69, 9.17) is 11.5 Å². The summed E-state index contributed by atoms with van der Waals surface area (Å²) in [5.74, 6) is -0.494. The molecular formula is C16H22N6O2S2. The van der Waals surface area contributed by atoms with Gasteiger partial charge in [0.15, 0.2) is 5.13 Å². The topological polar surface area (TPSA) is 127 Å². The lowest BCUT2D eigenvalue weighted by atomic mass is 10.2. The second-order valence-corrected chi connectivity index (χ2v) is 7.49. The number of carbonyl (C=O) groups is 2. The third kappa shape index (κ3) is 4.85. The smallest absolute Gasteiger partial charge is 0.324 e. The van der Waals surface area contributed by atoms with Gasteiger partial charge in [0.25, 0.3) is 0 Å². The van der Waals surface area contributed by atoms with E-state index < -0.39 is 11.9 Å². The standard InChI is InChI=1S/C16H22N6O2S2/c1-9-13(11(17)6-7-19-10(2)25-3)26-15(20-9)21-16(24)22-8-4-5-12(22)14(18)23/h6-7,12H,2,4-5,8,17H2,1,3H3,(H2,18,23)(H,20,21,24)/b11-6-,19-7?/t12-/m0/s1. The number of nitrogens with two attached hydrogens (primary N) is 2. The predicted octanol–water partition coefficient (Wildman–Crippen LogP) is 2.14. The molecule has 1 saturated heterocycles. The minimum absolute atomic E-state index is 0.382. The number of aliphatic imine (C=N–C) groups is 1. The van der Waals surface area contributed by atoms with E-state index in [0.717, 1.165) is 11.3 Å². The van der Waals surface area contributed by atoms with Gasteiger partial charge in [0, 0.05) is 12.8 Å². The highest BCUT2D eigenvalue weighted by Gasteiger charge is 2.33. The molecule has 1 aromatic rings. The number of hydrogen-bond donors (Lipinski definition) is 3. The minimum atomic E-state index is -0.568. The van der Waals surface area contributed by atoms with Crippen LogP contribution in [-0.2, 0) is 4.79 Å². The van der Waals surface area contributed by atoms with Gasteiger partial charge in [0.2, 0.25) is 5.91 Å². The van der Waals surface area contributed by atoms with Crippen LogP contribution in [0.25, 0.3) is 5.70 Å². The Morgan fingerprint density at radius 1 is 1.50 bits per heavy atom. The van der Waals surface area contributed by atoms with Gasteiger partial charge >= 0.3 is 6.03 Å². The summed E-state index contributed by atoms with van der Waals surface area (Å²) in [5, 5.41) is 3.82. The number of anilines is 1. The van der Waals surface area contributed by atoms with Crippen LogP contribution in [0.15, 0.2) is 22.7 Å². The lowest BCUT2D eigenvalue weighted by Gasteiger charge is -2.21. The van der Waals surface area contributed by atoms with Crippen LogP contribution in [0.5, 0.6) is 0 Å². The van der Waals surface area contributed by atoms with Crippen LogP contribution in [0.1, 0.15) is 23.4 Å². The second-order valence-electron chi connectivity index (χ2n) is 5.62. The SMILES string of the molecule is C=C(N=C/C=C(\N)c1sc(NC(=O)N2CCC[C@H]2C(N)=O)nc1C)SC. The summed E-state index contributed by atoms with van der Waals surface area (Å²) in [5.41, 5.74) is 12.6. The van der Waals surface area contributed by atoms with Crippen molar-refractivity contribution in [2.75, 3.05) is 18.1 Å².